The Hall–Kier alpha value is -0.0800. The highest BCUT2D eigenvalue weighted by Crippen LogP contribution is 2.48. The van der Waals surface area contributed by atoms with Gasteiger partial charge in [-0.25, -0.2) is 0 Å². The molecule has 1 heterocycles. The van der Waals surface area contributed by atoms with E-state index in [1.54, 1.807) is 0 Å². The van der Waals surface area contributed by atoms with Gasteiger partial charge in [0.05, 0.1) is 0 Å². The smallest absolute Gasteiger partial charge is 0.188 e. The Bertz CT molecular complexity index is 347. The van der Waals surface area contributed by atoms with E-state index < -0.39 is 0 Å². The predicted molar refractivity (Wildman–Crippen MR) is 103 cm³/mol. The molecule has 3 N–H and O–H groups in total. The van der Waals surface area contributed by atoms with Crippen molar-refractivity contribution in [3.8, 4) is 0 Å². The number of halogens is 1. The summed E-state index contributed by atoms with van der Waals surface area (Å²) in [5.74, 6) is 0.612. The van der Waals surface area contributed by atoms with Crippen molar-refractivity contribution < 1.29 is 4.74 Å². The average molecular weight is 424 g/mol. The molecular weight excluding hydrogens is 391 g/mol. The number of rotatable bonds is 9. The highest BCUT2D eigenvalue weighted by molar-refractivity contribution is 14.0. The van der Waals surface area contributed by atoms with Crippen molar-refractivity contribution in [3.63, 3.8) is 0 Å². The summed E-state index contributed by atoms with van der Waals surface area (Å²) in [4.78, 5) is 7.08. The predicted octanol–water partition coefficient (Wildman–Crippen LogP) is 2.20. The third-order valence-electron chi connectivity index (χ3n) is 4.95. The normalized spacial score (nSPS) is 24.1. The lowest BCUT2D eigenvalue weighted by Crippen LogP contribution is -2.43. The highest BCUT2D eigenvalue weighted by atomic mass is 127. The minimum absolute atomic E-state index is 0. The van der Waals surface area contributed by atoms with E-state index >= 15 is 0 Å². The van der Waals surface area contributed by atoms with Crippen molar-refractivity contribution in [1.29, 1.82) is 0 Å². The molecule has 1 saturated carbocycles. The minimum Gasteiger partial charge on any atom is -0.382 e. The molecule has 1 aliphatic carbocycles. The molecule has 1 saturated heterocycles. The number of guanidine groups is 1. The third kappa shape index (κ3) is 6.20. The van der Waals surface area contributed by atoms with Gasteiger partial charge in [-0.3, -0.25) is 9.89 Å². The first-order valence-electron chi connectivity index (χ1n) is 8.54. The topological polar surface area (TPSA) is 62.9 Å². The summed E-state index contributed by atoms with van der Waals surface area (Å²) in [6.45, 7) is 10.1. The lowest BCUT2D eigenvalue weighted by molar-refractivity contribution is 0.129. The van der Waals surface area contributed by atoms with Crippen LogP contribution in [0.15, 0.2) is 4.99 Å². The van der Waals surface area contributed by atoms with E-state index in [-0.39, 0.29) is 24.0 Å². The fourth-order valence-corrected chi connectivity index (χ4v) is 3.17. The van der Waals surface area contributed by atoms with Gasteiger partial charge < -0.3 is 15.8 Å². The summed E-state index contributed by atoms with van der Waals surface area (Å²) in [5.41, 5.74) is 6.40. The lowest BCUT2D eigenvalue weighted by atomic mass is 10.0. The molecule has 0 bridgehead atoms. The maximum atomic E-state index is 6.02. The molecule has 5 nitrogen and oxygen atoms in total. The van der Waals surface area contributed by atoms with Crippen LogP contribution in [-0.2, 0) is 4.74 Å². The van der Waals surface area contributed by atoms with Gasteiger partial charge in [0.2, 0.25) is 0 Å². The van der Waals surface area contributed by atoms with Crippen LogP contribution in [0.1, 0.15) is 46.0 Å². The molecule has 130 valence electrons. The molecule has 2 rings (SSSR count). The number of aliphatic imine (C=N–C) groups is 1. The molecule has 0 aromatic heterocycles. The Labute approximate surface area is 152 Å². The molecule has 0 amide bonds. The largest absolute Gasteiger partial charge is 0.382 e. The summed E-state index contributed by atoms with van der Waals surface area (Å²) in [6, 6.07) is 0.622. The van der Waals surface area contributed by atoms with Crippen molar-refractivity contribution in [2.45, 2.75) is 52.0 Å². The maximum absolute atomic E-state index is 6.02. The van der Waals surface area contributed by atoms with E-state index in [1.165, 1.54) is 32.2 Å². The van der Waals surface area contributed by atoms with Gasteiger partial charge in [-0.2, -0.15) is 0 Å². The van der Waals surface area contributed by atoms with Crippen molar-refractivity contribution in [3.05, 3.63) is 0 Å². The molecule has 0 aromatic rings. The molecular formula is C16H33IN4O. The number of likely N-dealkylation sites (tertiary alicyclic amines) is 1. The Morgan fingerprint density at radius 1 is 1.41 bits per heavy atom. The first-order valence-corrected chi connectivity index (χ1v) is 8.54. The Morgan fingerprint density at radius 3 is 2.82 bits per heavy atom. The molecule has 2 aliphatic rings. The quantitative estimate of drug-likeness (QED) is 0.258. The summed E-state index contributed by atoms with van der Waals surface area (Å²) in [7, 11) is 0. The zero-order valence-corrected chi connectivity index (χ0v) is 16.5. The van der Waals surface area contributed by atoms with E-state index in [1.807, 2.05) is 6.92 Å². The third-order valence-corrected chi connectivity index (χ3v) is 4.95. The molecule has 1 unspecified atom stereocenters. The Balaban J connectivity index is 0.00000242. The Morgan fingerprint density at radius 2 is 2.18 bits per heavy atom. The second-order valence-electron chi connectivity index (χ2n) is 6.45. The van der Waals surface area contributed by atoms with Gasteiger partial charge in [-0.15, -0.1) is 24.0 Å². The van der Waals surface area contributed by atoms with E-state index in [0.29, 0.717) is 17.4 Å². The maximum Gasteiger partial charge on any atom is 0.188 e. The van der Waals surface area contributed by atoms with Crippen LogP contribution in [0.25, 0.3) is 0 Å². The van der Waals surface area contributed by atoms with E-state index in [2.05, 4.69) is 22.1 Å². The van der Waals surface area contributed by atoms with Crippen LogP contribution >= 0.6 is 24.0 Å². The second kappa shape index (κ2) is 9.93. The van der Waals surface area contributed by atoms with Gasteiger partial charge in [-0.1, -0.05) is 6.92 Å². The van der Waals surface area contributed by atoms with Crippen LogP contribution in [0.4, 0.5) is 0 Å². The number of nitrogens with one attached hydrogen (secondary N) is 1. The van der Waals surface area contributed by atoms with E-state index in [4.69, 9.17) is 10.5 Å². The van der Waals surface area contributed by atoms with Crippen LogP contribution in [0, 0.1) is 5.41 Å². The highest BCUT2D eigenvalue weighted by Gasteiger charge is 2.41. The Kier molecular flexibility index (Phi) is 9.01. The van der Waals surface area contributed by atoms with Crippen molar-refractivity contribution >= 4 is 29.9 Å². The molecule has 2 fully saturated rings. The van der Waals surface area contributed by atoms with Crippen LogP contribution in [0.3, 0.4) is 0 Å². The van der Waals surface area contributed by atoms with Gasteiger partial charge in [0.15, 0.2) is 5.96 Å². The monoisotopic (exact) mass is 424 g/mol. The summed E-state index contributed by atoms with van der Waals surface area (Å²) >= 11 is 0. The average Bonchev–Trinajstić information content (AvgIpc) is 3.11. The lowest BCUT2D eigenvalue weighted by Gasteiger charge is -2.23. The summed E-state index contributed by atoms with van der Waals surface area (Å²) < 4.78 is 5.45. The molecule has 0 aromatic carbocycles. The van der Waals surface area contributed by atoms with Gasteiger partial charge in [0.1, 0.15) is 0 Å². The van der Waals surface area contributed by atoms with Crippen LogP contribution in [0.5, 0.6) is 0 Å². The summed E-state index contributed by atoms with van der Waals surface area (Å²) in [6.07, 6.45) is 6.22. The van der Waals surface area contributed by atoms with Crippen LogP contribution in [0.2, 0.25) is 0 Å². The molecule has 0 spiro atoms. The zero-order valence-electron chi connectivity index (χ0n) is 14.1. The fraction of sp³-hybridized carbons (Fsp3) is 0.938. The molecule has 1 atom stereocenters. The number of likely N-dealkylation sites (N-methyl/N-ethyl adjacent to an activating group) is 1. The molecule has 1 aliphatic heterocycles. The van der Waals surface area contributed by atoms with Gasteiger partial charge in [-0.05, 0) is 57.5 Å². The number of nitrogens with two attached hydrogens (primary N) is 1. The standard InChI is InChI=1S/C16H32N4O.HI/c1-3-20-10-5-6-14(20)12-18-15(17)19-13-16(7-8-16)9-11-21-4-2;/h14H,3-13H2,1-2H3,(H3,17,18,19);1H. The van der Waals surface area contributed by atoms with Crippen LogP contribution in [-0.4, -0.2) is 56.3 Å². The van der Waals surface area contributed by atoms with Gasteiger partial charge in [0, 0.05) is 32.3 Å². The fourth-order valence-electron chi connectivity index (χ4n) is 3.17. The van der Waals surface area contributed by atoms with Crippen molar-refractivity contribution in [2.24, 2.45) is 16.1 Å². The first kappa shape index (κ1) is 20.0. The number of hydrogen-bond donors (Lipinski definition) is 2. The SMILES string of the molecule is CCOCCC1(CN=C(N)NCC2CCCN2CC)CC1.I. The van der Waals surface area contributed by atoms with Gasteiger partial charge in [0.25, 0.3) is 0 Å². The van der Waals surface area contributed by atoms with Crippen molar-refractivity contribution in [1.82, 2.24) is 10.2 Å². The van der Waals surface area contributed by atoms with Crippen LogP contribution < -0.4 is 11.1 Å². The molecule has 0 radical (unpaired) electrons. The second-order valence-corrected chi connectivity index (χ2v) is 6.45. The first-order chi connectivity index (χ1) is 10.2. The molecule has 6 heteroatoms. The number of nitrogens with zero attached hydrogens (tertiary/aromatic N) is 2. The number of ether oxygens (including phenoxy) is 1. The van der Waals surface area contributed by atoms with Crippen molar-refractivity contribution in [2.75, 3.05) is 39.4 Å². The summed E-state index contributed by atoms with van der Waals surface area (Å²) in [5, 5.41) is 3.31. The van der Waals surface area contributed by atoms with E-state index in [0.717, 1.165) is 39.3 Å². The minimum atomic E-state index is 0. The number of hydrogen-bond acceptors (Lipinski definition) is 3. The van der Waals surface area contributed by atoms with E-state index in [9.17, 15) is 0 Å². The van der Waals surface area contributed by atoms with Gasteiger partial charge >= 0.3 is 0 Å². The molecule has 22 heavy (non-hydrogen) atoms. The zero-order chi connectivity index (χ0) is 15.1.